The maximum Gasteiger partial charge on any atom is 0.258 e. The molecule has 1 amide bonds. The number of nitrogens with zero attached hydrogens (tertiary/aromatic N) is 3. The van der Waals surface area contributed by atoms with Gasteiger partial charge in [-0.2, -0.15) is 0 Å². The highest BCUT2D eigenvalue weighted by atomic mass is 16.1. The molecule has 0 aliphatic heterocycles. The summed E-state index contributed by atoms with van der Waals surface area (Å²) in [6.45, 7) is 4.52. The van der Waals surface area contributed by atoms with E-state index >= 15 is 0 Å². The average molecular weight is 333 g/mol. The van der Waals surface area contributed by atoms with Crippen LogP contribution in [0.15, 0.2) is 55.1 Å². The summed E-state index contributed by atoms with van der Waals surface area (Å²) in [6, 6.07) is 9.72. The van der Waals surface area contributed by atoms with Gasteiger partial charge in [0.2, 0.25) is 5.95 Å². The lowest BCUT2D eigenvalue weighted by atomic mass is 10.1. The molecule has 0 aliphatic carbocycles. The van der Waals surface area contributed by atoms with Crippen molar-refractivity contribution in [1.82, 2.24) is 15.0 Å². The van der Waals surface area contributed by atoms with Crippen molar-refractivity contribution in [2.75, 3.05) is 10.6 Å². The molecule has 0 saturated carbocycles. The molecule has 0 atom stereocenters. The molecule has 1 aromatic carbocycles. The zero-order chi connectivity index (χ0) is 17.6. The normalized spacial score (nSPS) is 10.3. The maximum atomic E-state index is 12.4. The molecule has 0 fully saturated rings. The molecule has 2 aromatic heterocycles. The lowest BCUT2D eigenvalue weighted by Crippen LogP contribution is -2.15. The molecule has 3 aromatic rings. The van der Waals surface area contributed by atoms with Gasteiger partial charge in [-0.05, 0) is 42.7 Å². The highest BCUT2D eigenvalue weighted by Crippen LogP contribution is 2.20. The zero-order valence-corrected chi connectivity index (χ0v) is 14.2. The summed E-state index contributed by atoms with van der Waals surface area (Å²) in [5.41, 5.74) is 4.36. The molecule has 2 heterocycles. The average Bonchev–Trinajstić information content (AvgIpc) is 2.64. The van der Waals surface area contributed by atoms with E-state index in [2.05, 4.69) is 25.6 Å². The van der Waals surface area contributed by atoms with Gasteiger partial charge in [-0.1, -0.05) is 18.2 Å². The SMILES string of the molecule is Cc1cccc(C)c1NC(=O)c1cnc(NCc2ccncc2)nc1. The number of hydrogen-bond acceptors (Lipinski definition) is 5. The Morgan fingerprint density at radius 2 is 1.64 bits per heavy atom. The Morgan fingerprint density at radius 3 is 2.28 bits per heavy atom. The fourth-order valence-corrected chi connectivity index (χ4v) is 2.42. The fourth-order valence-electron chi connectivity index (χ4n) is 2.42. The molecule has 2 N–H and O–H groups in total. The fraction of sp³-hybridized carbons (Fsp3) is 0.158. The summed E-state index contributed by atoms with van der Waals surface area (Å²) in [7, 11) is 0. The molecule has 0 unspecified atom stereocenters. The van der Waals surface area contributed by atoms with Crippen molar-refractivity contribution in [1.29, 1.82) is 0 Å². The highest BCUT2D eigenvalue weighted by molar-refractivity contribution is 6.04. The topological polar surface area (TPSA) is 79.8 Å². The van der Waals surface area contributed by atoms with Crippen molar-refractivity contribution >= 4 is 17.5 Å². The summed E-state index contributed by atoms with van der Waals surface area (Å²) in [5, 5.41) is 6.04. The minimum Gasteiger partial charge on any atom is -0.350 e. The van der Waals surface area contributed by atoms with Crippen molar-refractivity contribution in [2.24, 2.45) is 0 Å². The molecule has 3 rings (SSSR count). The molecule has 6 nitrogen and oxygen atoms in total. The van der Waals surface area contributed by atoms with Crippen LogP contribution >= 0.6 is 0 Å². The molecule has 0 saturated heterocycles. The second kappa shape index (κ2) is 7.53. The second-order valence-corrected chi connectivity index (χ2v) is 5.73. The first-order valence-electron chi connectivity index (χ1n) is 7.96. The van der Waals surface area contributed by atoms with Gasteiger partial charge in [0.25, 0.3) is 5.91 Å². The van der Waals surface area contributed by atoms with Gasteiger partial charge in [-0.3, -0.25) is 9.78 Å². The standard InChI is InChI=1S/C19H19N5O/c1-13-4-3-5-14(2)17(13)24-18(25)16-11-22-19(23-12-16)21-10-15-6-8-20-9-7-15/h3-9,11-12H,10H2,1-2H3,(H,24,25)(H,21,22,23). The number of hydrogen-bond donors (Lipinski definition) is 2. The Bertz CT molecular complexity index is 842. The van der Waals surface area contributed by atoms with Crippen LogP contribution in [0.5, 0.6) is 0 Å². The lowest BCUT2D eigenvalue weighted by Gasteiger charge is -2.11. The van der Waals surface area contributed by atoms with Crippen LogP contribution in [0.2, 0.25) is 0 Å². The van der Waals surface area contributed by atoms with Crippen LogP contribution in [0.25, 0.3) is 0 Å². The quantitative estimate of drug-likeness (QED) is 0.748. The number of benzene rings is 1. The van der Waals surface area contributed by atoms with Crippen LogP contribution in [-0.2, 0) is 6.54 Å². The van der Waals surface area contributed by atoms with E-state index in [0.717, 1.165) is 22.4 Å². The van der Waals surface area contributed by atoms with Crippen LogP contribution in [0.3, 0.4) is 0 Å². The number of anilines is 2. The monoisotopic (exact) mass is 333 g/mol. The lowest BCUT2D eigenvalue weighted by molar-refractivity contribution is 0.102. The van der Waals surface area contributed by atoms with Gasteiger partial charge in [0, 0.05) is 37.0 Å². The Labute approximate surface area is 146 Å². The Kier molecular flexibility index (Phi) is 4.99. The zero-order valence-electron chi connectivity index (χ0n) is 14.2. The first kappa shape index (κ1) is 16.6. The third-order valence-corrected chi connectivity index (χ3v) is 3.83. The predicted molar refractivity (Wildman–Crippen MR) is 97.5 cm³/mol. The number of amides is 1. The van der Waals surface area contributed by atoms with E-state index < -0.39 is 0 Å². The van der Waals surface area contributed by atoms with Gasteiger partial charge < -0.3 is 10.6 Å². The number of nitrogens with one attached hydrogen (secondary N) is 2. The van der Waals surface area contributed by atoms with Crippen LogP contribution in [0.1, 0.15) is 27.0 Å². The molecular weight excluding hydrogens is 314 g/mol. The number of aromatic nitrogens is 3. The van der Waals surface area contributed by atoms with Crippen molar-refractivity contribution in [3.05, 3.63) is 77.4 Å². The highest BCUT2D eigenvalue weighted by Gasteiger charge is 2.10. The van der Waals surface area contributed by atoms with E-state index in [4.69, 9.17) is 0 Å². The second-order valence-electron chi connectivity index (χ2n) is 5.73. The Balaban J connectivity index is 1.64. The third-order valence-electron chi connectivity index (χ3n) is 3.83. The largest absolute Gasteiger partial charge is 0.350 e. The summed E-state index contributed by atoms with van der Waals surface area (Å²) >= 11 is 0. The molecule has 0 radical (unpaired) electrons. The van der Waals surface area contributed by atoms with E-state index in [0.29, 0.717) is 18.1 Å². The summed E-state index contributed by atoms with van der Waals surface area (Å²) in [4.78, 5) is 24.8. The molecule has 6 heteroatoms. The van der Waals surface area contributed by atoms with E-state index in [1.807, 2.05) is 44.2 Å². The number of pyridine rings is 1. The van der Waals surface area contributed by atoms with Gasteiger partial charge in [0.1, 0.15) is 0 Å². The van der Waals surface area contributed by atoms with Crippen molar-refractivity contribution in [3.63, 3.8) is 0 Å². The van der Waals surface area contributed by atoms with Crippen molar-refractivity contribution in [2.45, 2.75) is 20.4 Å². The minimum atomic E-state index is -0.224. The van der Waals surface area contributed by atoms with Crippen LogP contribution in [0, 0.1) is 13.8 Å². The molecule has 0 bridgehead atoms. The molecule has 0 spiro atoms. The van der Waals surface area contributed by atoms with E-state index in [1.54, 1.807) is 12.4 Å². The van der Waals surface area contributed by atoms with E-state index in [1.165, 1.54) is 12.4 Å². The predicted octanol–water partition coefficient (Wildman–Crippen LogP) is 3.35. The first-order valence-corrected chi connectivity index (χ1v) is 7.96. The minimum absolute atomic E-state index is 0.224. The smallest absolute Gasteiger partial charge is 0.258 e. The summed E-state index contributed by atoms with van der Waals surface area (Å²) in [6.07, 6.45) is 6.51. The van der Waals surface area contributed by atoms with Crippen LogP contribution in [0.4, 0.5) is 11.6 Å². The van der Waals surface area contributed by atoms with Gasteiger partial charge in [-0.25, -0.2) is 9.97 Å². The van der Waals surface area contributed by atoms with Gasteiger partial charge in [-0.15, -0.1) is 0 Å². The van der Waals surface area contributed by atoms with Crippen molar-refractivity contribution in [3.8, 4) is 0 Å². The first-order chi connectivity index (χ1) is 12.1. The number of carbonyl (C=O) groups is 1. The molecule has 126 valence electrons. The van der Waals surface area contributed by atoms with Gasteiger partial charge in [0.05, 0.1) is 5.56 Å². The summed E-state index contributed by atoms with van der Waals surface area (Å²) < 4.78 is 0. The van der Waals surface area contributed by atoms with Gasteiger partial charge >= 0.3 is 0 Å². The Morgan fingerprint density at radius 1 is 1.00 bits per heavy atom. The van der Waals surface area contributed by atoms with Crippen LogP contribution in [-0.4, -0.2) is 20.9 Å². The van der Waals surface area contributed by atoms with E-state index in [-0.39, 0.29) is 5.91 Å². The van der Waals surface area contributed by atoms with E-state index in [9.17, 15) is 4.79 Å². The number of rotatable bonds is 5. The number of aryl methyl sites for hydroxylation is 2. The Hall–Kier alpha value is -3.28. The van der Waals surface area contributed by atoms with Crippen LogP contribution < -0.4 is 10.6 Å². The molecule has 25 heavy (non-hydrogen) atoms. The maximum absolute atomic E-state index is 12.4. The number of para-hydroxylation sites is 1. The van der Waals surface area contributed by atoms with Gasteiger partial charge in [0.15, 0.2) is 0 Å². The summed E-state index contributed by atoms with van der Waals surface area (Å²) in [5.74, 6) is 0.249. The van der Waals surface area contributed by atoms with Crippen molar-refractivity contribution < 1.29 is 4.79 Å². The number of carbonyl (C=O) groups excluding carboxylic acids is 1. The third kappa shape index (κ3) is 4.17. The molecular formula is C19H19N5O. The molecule has 0 aliphatic rings.